The molecule has 0 saturated heterocycles. The van der Waals surface area contributed by atoms with Crippen LogP contribution in [0.25, 0.3) is 33.0 Å². The molecule has 2 N–H and O–H groups in total. The lowest BCUT2D eigenvalue weighted by Crippen LogP contribution is -2.16. The van der Waals surface area contributed by atoms with Gasteiger partial charge in [0.2, 0.25) is 0 Å². The number of rotatable bonds is 7. The summed E-state index contributed by atoms with van der Waals surface area (Å²) in [6, 6.07) is 19.9. The van der Waals surface area contributed by atoms with Gasteiger partial charge < -0.3 is 15.0 Å². The fraction of sp³-hybridized carbons (Fsp3) is 0.250. The molecule has 0 atom stereocenters. The number of nitrogens with zero attached hydrogens (tertiary/aromatic N) is 3. The SMILES string of the molecule is c1ccc(-c2cnc(-c3cc(Oc4ccc5nc(NCC6CCCCC6)sc5c4)ccn3)[nH]2)cc1. The summed E-state index contributed by atoms with van der Waals surface area (Å²) in [5, 5.41) is 4.55. The Bertz CT molecular complexity index is 1420. The van der Waals surface area contributed by atoms with Crippen LogP contribution in [0.2, 0.25) is 0 Å². The topological polar surface area (TPSA) is 75.7 Å². The van der Waals surface area contributed by atoms with Crippen LogP contribution >= 0.6 is 11.3 Å². The smallest absolute Gasteiger partial charge is 0.183 e. The predicted octanol–water partition coefficient (Wildman–Crippen LogP) is 7.53. The molecule has 5 aromatic rings. The molecule has 1 saturated carbocycles. The number of pyridine rings is 1. The quantitative estimate of drug-likeness (QED) is 0.251. The summed E-state index contributed by atoms with van der Waals surface area (Å²) in [5.74, 6) is 2.98. The Hall–Kier alpha value is -3.71. The predicted molar refractivity (Wildman–Crippen MR) is 142 cm³/mol. The molecule has 0 bridgehead atoms. The summed E-state index contributed by atoms with van der Waals surface area (Å²) < 4.78 is 7.29. The van der Waals surface area contributed by atoms with Gasteiger partial charge in [0.05, 0.1) is 22.1 Å². The van der Waals surface area contributed by atoms with Crippen LogP contribution in [0.5, 0.6) is 11.5 Å². The third-order valence-electron chi connectivity index (χ3n) is 6.50. The minimum atomic E-state index is 0.709. The molecule has 35 heavy (non-hydrogen) atoms. The van der Waals surface area contributed by atoms with Crippen molar-refractivity contribution in [2.75, 3.05) is 11.9 Å². The molecule has 0 amide bonds. The highest BCUT2D eigenvalue weighted by Crippen LogP contribution is 2.33. The zero-order valence-corrected chi connectivity index (χ0v) is 20.2. The fourth-order valence-electron chi connectivity index (χ4n) is 4.62. The van der Waals surface area contributed by atoms with Gasteiger partial charge in [0.1, 0.15) is 17.2 Å². The van der Waals surface area contributed by atoms with Gasteiger partial charge in [-0.3, -0.25) is 4.98 Å². The van der Waals surface area contributed by atoms with Crippen molar-refractivity contribution in [1.29, 1.82) is 0 Å². The van der Waals surface area contributed by atoms with Crippen molar-refractivity contribution in [3.63, 3.8) is 0 Å². The molecule has 2 aromatic carbocycles. The summed E-state index contributed by atoms with van der Waals surface area (Å²) in [6.45, 7) is 1.02. The van der Waals surface area contributed by atoms with Gasteiger partial charge in [-0.1, -0.05) is 60.9 Å². The van der Waals surface area contributed by atoms with E-state index in [2.05, 4.69) is 38.5 Å². The van der Waals surface area contributed by atoms with Crippen LogP contribution in [0.4, 0.5) is 5.13 Å². The van der Waals surface area contributed by atoms with Gasteiger partial charge in [-0.05, 0) is 42.5 Å². The summed E-state index contributed by atoms with van der Waals surface area (Å²) in [4.78, 5) is 17.1. The van der Waals surface area contributed by atoms with Crippen molar-refractivity contribution in [3.05, 3.63) is 73.1 Å². The molecule has 3 aromatic heterocycles. The van der Waals surface area contributed by atoms with Crippen molar-refractivity contribution in [2.45, 2.75) is 32.1 Å². The Morgan fingerprint density at radius 1 is 0.943 bits per heavy atom. The summed E-state index contributed by atoms with van der Waals surface area (Å²) in [5.41, 5.74) is 3.77. The van der Waals surface area contributed by atoms with E-state index in [0.717, 1.165) is 50.5 Å². The number of benzene rings is 2. The number of ether oxygens (including phenoxy) is 1. The van der Waals surface area contributed by atoms with Crippen LogP contribution in [0.3, 0.4) is 0 Å². The average Bonchev–Trinajstić information content (AvgIpc) is 3.56. The fourth-order valence-corrected chi connectivity index (χ4v) is 5.52. The van der Waals surface area contributed by atoms with Crippen LogP contribution in [-0.2, 0) is 0 Å². The Balaban J connectivity index is 1.16. The maximum atomic E-state index is 6.18. The Kier molecular flexibility index (Phi) is 6.15. The van der Waals surface area contributed by atoms with E-state index in [1.54, 1.807) is 17.5 Å². The molecule has 0 radical (unpaired) electrons. The highest BCUT2D eigenvalue weighted by molar-refractivity contribution is 7.22. The lowest BCUT2D eigenvalue weighted by atomic mass is 9.89. The van der Waals surface area contributed by atoms with Gasteiger partial charge in [0.15, 0.2) is 11.0 Å². The molecule has 6 nitrogen and oxygen atoms in total. The van der Waals surface area contributed by atoms with Crippen LogP contribution in [-0.4, -0.2) is 26.5 Å². The number of anilines is 1. The average molecular weight is 482 g/mol. The number of nitrogens with one attached hydrogen (secondary N) is 2. The highest BCUT2D eigenvalue weighted by atomic mass is 32.1. The van der Waals surface area contributed by atoms with E-state index in [4.69, 9.17) is 9.72 Å². The first-order valence-electron chi connectivity index (χ1n) is 12.2. The van der Waals surface area contributed by atoms with E-state index >= 15 is 0 Å². The van der Waals surface area contributed by atoms with E-state index in [9.17, 15) is 0 Å². The standard InChI is InChI=1S/C28H27N5OS/c1-3-7-19(8-4-1)17-31-28-33-23-12-11-21(16-26(23)35-28)34-22-13-14-29-24(15-22)27-30-18-25(32-27)20-9-5-2-6-10-20/h2,5-6,9-16,18-19H,1,3-4,7-8,17H2,(H,30,32)(H,31,33). The maximum Gasteiger partial charge on any atom is 0.183 e. The van der Waals surface area contributed by atoms with E-state index in [0.29, 0.717) is 11.6 Å². The second-order valence-electron chi connectivity index (χ2n) is 9.02. The first-order chi connectivity index (χ1) is 17.3. The zero-order chi connectivity index (χ0) is 23.5. The number of thiazole rings is 1. The summed E-state index contributed by atoms with van der Waals surface area (Å²) >= 11 is 1.68. The molecule has 3 heterocycles. The third kappa shape index (κ3) is 5.05. The molecule has 7 heteroatoms. The molecule has 0 unspecified atom stereocenters. The van der Waals surface area contributed by atoms with Gasteiger partial charge in [-0.25, -0.2) is 9.97 Å². The number of H-pyrrole nitrogens is 1. The normalized spacial score (nSPS) is 14.3. The second-order valence-corrected chi connectivity index (χ2v) is 10.1. The van der Waals surface area contributed by atoms with Crippen LogP contribution in [0.1, 0.15) is 32.1 Å². The lowest BCUT2D eigenvalue weighted by Gasteiger charge is -2.21. The van der Waals surface area contributed by atoms with Gasteiger partial charge >= 0.3 is 0 Å². The van der Waals surface area contributed by atoms with Crippen LogP contribution < -0.4 is 10.1 Å². The van der Waals surface area contributed by atoms with E-state index < -0.39 is 0 Å². The molecular formula is C28H27N5OS. The minimum absolute atomic E-state index is 0.709. The monoisotopic (exact) mass is 481 g/mol. The van der Waals surface area contributed by atoms with Crippen LogP contribution in [0.15, 0.2) is 73.1 Å². The van der Waals surface area contributed by atoms with Gasteiger partial charge in [0, 0.05) is 24.9 Å². The molecule has 0 spiro atoms. The Morgan fingerprint density at radius 3 is 2.69 bits per heavy atom. The molecular weight excluding hydrogens is 454 g/mol. The van der Waals surface area contributed by atoms with Crippen molar-refractivity contribution < 1.29 is 4.74 Å². The van der Waals surface area contributed by atoms with Crippen molar-refractivity contribution in [3.8, 4) is 34.3 Å². The zero-order valence-electron chi connectivity index (χ0n) is 19.4. The number of imidazole rings is 1. The molecule has 6 rings (SSSR count). The maximum absolute atomic E-state index is 6.18. The van der Waals surface area contributed by atoms with Crippen molar-refractivity contribution >= 4 is 26.7 Å². The molecule has 1 fully saturated rings. The highest BCUT2D eigenvalue weighted by Gasteiger charge is 2.14. The van der Waals surface area contributed by atoms with E-state index in [-0.39, 0.29) is 0 Å². The van der Waals surface area contributed by atoms with Gasteiger partial charge in [-0.15, -0.1) is 0 Å². The first kappa shape index (κ1) is 21.8. The van der Waals surface area contributed by atoms with Gasteiger partial charge in [-0.2, -0.15) is 0 Å². The number of aromatic nitrogens is 4. The number of hydrogen-bond acceptors (Lipinski definition) is 6. The largest absolute Gasteiger partial charge is 0.457 e. The van der Waals surface area contributed by atoms with Crippen molar-refractivity contribution in [1.82, 2.24) is 19.9 Å². The van der Waals surface area contributed by atoms with E-state index in [1.807, 2.05) is 48.7 Å². The molecule has 1 aliphatic rings. The Morgan fingerprint density at radius 2 is 1.80 bits per heavy atom. The molecule has 176 valence electrons. The van der Waals surface area contributed by atoms with E-state index in [1.165, 1.54) is 32.1 Å². The second kappa shape index (κ2) is 9.88. The number of fused-ring (bicyclic) bond motifs is 1. The lowest BCUT2D eigenvalue weighted by molar-refractivity contribution is 0.373. The summed E-state index contributed by atoms with van der Waals surface area (Å²) in [6.07, 6.45) is 10.3. The first-order valence-corrected chi connectivity index (χ1v) is 13.0. The molecule has 1 aliphatic carbocycles. The number of hydrogen-bond donors (Lipinski definition) is 2. The van der Waals surface area contributed by atoms with Gasteiger partial charge in [0.25, 0.3) is 0 Å². The molecule has 0 aliphatic heterocycles. The minimum Gasteiger partial charge on any atom is -0.457 e. The van der Waals surface area contributed by atoms with Crippen molar-refractivity contribution in [2.24, 2.45) is 5.92 Å². The third-order valence-corrected chi connectivity index (χ3v) is 7.47. The summed E-state index contributed by atoms with van der Waals surface area (Å²) in [7, 11) is 0. The number of aromatic amines is 1. The Labute approximate surface area is 208 Å². The van der Waals surface area contributed by atoms with Crippen LogP contribution in [0, 0.1) is 5.92 Å².